The number of carboxylic acids is 1. The Morgan fingerprint density at radius 2 is 1.66 bits per heavy atom. The molecule has 0 saturated heterocycles. The highest BCUT2D eigenvalue weighted by atomic mass is 16.4. The maximum Gasteiger partial charge on any atom is 0.326 e. The molecule has 4 atom stereocenters. The van der Waals surface area contributed by atoms with Crippen molar-refractivity contribution in [1.82, 2.24) is 25.9 Å². The fraction of sp³-hybridized carbons (Fsp3) is 0.556. The summed E-state index contributed by atoms with van der Waals surface area (Å²) in [4.78, 5) is 66.9. The molecule has 178 valence electrons. The molecular formula is C18H29N7O7. The van der Waals surface area contributed by atoms with Gasteiger partial charge in [0.15, 0.2) is 0 Å². The lowest BCUT2D eigenvalue weighted by Gasteiger charge is -2.25. The number of aromatic amines is 1. The van der Waals surface area contributed by atoms with E-state index in [1.54, 1.807) is 13.8 Å². The highest BCUT2D eigenvalue weighted by Crippen LogP contribution is 2.06. The summed E-state index contributed by atoms with van der Waals surface area (Å²) in [6.07, 6.45) is 2.08. The molecule has 14 nitrogen and oxygen atoms in total. The summed E-state index contributed by atoms with van der Waals surface area (Å²) in [5.74, 6) is -5.25. The van der Waals surface area contributed by atoms with Crippen molar-refractivity contribution >= 4 is 29.6 Å². The molecule has 0 aliphatic rings. The highest BCUT2D eigenvalue weighted by molar-refractivity contribution is 5.96. The molecule has 1 aromatic rings. The van der Waals surface area contributed by atoms with Crippen molar-refractivity contribution in [3.8, 4) is 0 Å². The minimum Gasteiger partial charge on any atom is -0.480 e. The Morgan fingerprint density at radius 1 is 1.06 bits per heavy atom. The van der Waals surface area contributed by atoms with E-state index in [-0.39, 0.29) is 6.42 Å². The zero-order chi connectivity index (χ0) is 24.4. The quantitative estimate of drug-likeness (QED) is 0.146. The predicted molar refractivity (Wildman–Crippen MR) is 109 cm³/mol. The fourth-order valence-corrected chi connectivity index (χ4v) is 2.64. The minimum absolute atomic E-state index is 0.0879. The van der Waals surface area contributed by atoms with Crippen LogP contribution in [0.2, 0.25) is 0 Å². The van der Waals surface area contributed by atoms with E-state index in [4.69, 9.17) is 16.6 Å². The number of imidazole rings is 1. The van der Waals surface area contributed by atoms with Crippen LogP contribution in [0.1, 0.15) is 26.0 Å². The average molecular weight is 455 g/mol. The Hall–Kier alpha value is -3.52. The number of carboxylic acid groups (broad SMARTS) is 1. The third-order valence-electron chi connectivity index (χ3n) is 4.41. The molecule has 0 bridgehead atoms. The molecule has 4 unspecified atom stereocenters. The van der Waals surface area contributed by atoms with E-state index in [1.807, 2.05) is 0 Å². The summed E-state index contributed by atoms with van der Waals surface area (Å²) < 4.78 is 0. The third kappa shape index (κ3) is 8.31. The summed E-state index contributed by atoms with van der Waals surface area (Å²) in [6, 6.07) is -5.31. The number of carbonyl (C=O) groups is 5. The molecule has 1 aromatic heterocycles. The first-order valence-electron chi connectivity index (χ1n) is 9.72. The van der Waals surface area contributed by atoms with Crippen molar-refractivity contribution < 1.29 is 34.2 Å². The van der Waals surface area contributed by atoms with Gasteiger partial charge in [0.05, 0.1) is 19.4 Å². The molecule has 4 amide bonds. The number of H-pyrrole nitrogens is 1. The molecule has 1 heterocycles. The fourth-order valence-electron chi connectivity index (χ4n) is 2.64. The lowest BCUT2D eigenvalue weighted by Crippen LogP contribution is -2.59. The Balaban J connectivity index is 3.07. The second kappa shape index (κ2) is 12.4. The van der Waals surface area contributed by atoms with Crippen LogP contribution in [0.4, 0.5) is 0 Å². The van der Waals surface area contributed by atoms with E-state index in [1.165, 1.54) is 12.5 Å². The maximum absolute atomic E-state index is 12.8. The second-order valence-corrected chi connectivity index (χ2v) is 7.43. The molecule has 10 N–H and O–H groups in total. The van der Waals surface area contributed by atoms with Crippen LogP contribution < -0.4 is 27.4 Å². The number of nitrogens with one attached hydrogen (secondary N) is 4. The van der Waals surface area contributed by atoms with Gasteiger partial charge in [-0.2, -0.15) is 0 Å². The topological polar surface area (TPSA) is 243 Å². The number of rotatable bonds is 13. The van der Waals surface area contributed by atoms with E-state index in [0.717, 1.165) is 0 Å². The number of aromatic nitrogens is 2. The number of hydrogen-bond acceptors (Lipinski definition) is 8. The number of primary amides is 1. The van der Waals surface area contributed by atoms with Crippen LogP contribution in [-0.2, 0) is 30.4 Å². The summed E-state index contributed by atoms with van der Waals surface area (Å²) in [5, 5.41) is 25.3. The second-order valence-electron chi connectivity index (χ2n) is 7.43. The molecule has 0 aliphatic heterocycles. The van der Waals surface area contributed by atoms with Gasteiger partial charge in [0, 0.05) is 18.3 Å². The van der Waals surface area contributed by atoms with Crippen molar-refractivity contribution in [2.45, 2.75) is 50.9 Å². The number of nitrogens with two attached hydrogens (primary N) is 2. The van der Waals surface area contributed by atoms with Crippen LogP contribution in [0, 0.1) is 5.92 Å². The molecular weight excluding hydrogens is 426 g/mol. The first-order chi connectivity index (χ1) is 15.0. The number of aliphatic hydroxyl groups excluding tert-OH is 1. The molecule has 32 heavy (non-hydrogen) atoms. The molecule has 0 spiro atoms. The summed E-state index contributed by atoms with van der Waals surface area (Å²) in [7, 11) is 0. The third-order valence-corrected chi connectivity index (χ3v) is 4.41. The lowest BCUT2D eigenvalue weighted by molar-refractivity contribution is -0.143. The molecule has 0 saturated carbocycles. The van der Waals surface area contributed by atoms with Crippen LogP contribution in [0.3, 0.4) is 0 Å². The molecule has 1 rings (SSSR count). The molecule has 0 aromatic carbocycles. The SMILES string of the molecule is CC(C)C(NC(=O)C(Cc1cnc[nH]1)NC(=O)C(CC(N)=O)NC(=O)C(N)CO)C(=O)O. The molecule has 14 heteroatoms. The van der Waals surface area contributed by atoms with Crippen molar-refractivity contribution in [3.63, 3.8) is 0 Å². The van der Waals surface area contributed by atoms with Crippen LogP contribution in [0.25, 0.3) is 0 Å². The van der Waals surface area contributed by atoms with Gasteiger partial charge in [0.1, 0.15) is 24.2 Å². The number of aliphatic hydroxyl groups is 1. The van der Waals surface area contributed by atoms with Gasteiger partial charge >= 0.3 is 5.97 Å². The average Bonchev–Trinajstić information content (AvgIpc) is 3.22. The molecule has 0 aliphatic carbocycles. The minimum atomic E-state index is -1.48. The number of hydrogen-bond donors (Lipinski definition) is 8. The predicted octanol–water partition coefficient (Wildman–Crippen LogP) is -3.66. The highest BCUT2D eigenvalue weighted by Gasteiger charge is 2.32. The number of nitrogens with zero attached hydrogens (tertiary/aromatic N) is 1. The standard InChI is InChI=1S/C18H29N7O7/c1-8(2)14(18(31)32)25-17(30)11(3-9-5-21-7-22-9)24-16(29)12(4-13(20)27)23-15(28)10(19)6-26/h5,7-8,10-12,14,26H,3-4,6,19H2,1-2H3,(H2,20,27)(H,21,22)(H,23,28)(H,24,29)(H,25,30)(H,31,32). The summed E-state index contributed by atoms with van der Waals surface area (Å²) in [6.45, 7) is 2.50. The van der Waals surface area contributed by atoms with Crippen LogP contribution in [0.15, 0.2) is 12.5 Å². The van der Waals surface area contributed by atoms with E-state index >= 15 is 0 Å². The smallest absolute Gasteiger partial charge is 0.326 e. The van der Waals surface area contributed by atoms with Gasteiger partial charge in [-0.15, -0.1) is 0 Å². The lowest BCUT2D eigenvalue weighted by atomic mass is 10.0. The van der Waals surface area contributed by atoms with Crippen LogP contribution in [-0.4, -0.2) is 80.6 Å². The Bertz CT molecular complexity index is 813. The molecule has 0 fully saturated rings. The zero-order valence-electron chi connectivity index (χ0n) is 17.7. The number of carbonyl (C=O) groups excluding carboxylic acids is 4. The zero-order valence-corrected chi connectivity index (χ0v) is 17.7. The van der Waals surface area contributed by atoms with Crippen molar-refractivity contribution in [3.05, 3.63) is 18.2 Å². The van der Waals surface area contributed by atoms with E-state index in [0.29, 0.717) is 5.69 Å². The number of amides is 4. The number of aliphatic carboxylic acids is 1. The van der Waals surface area contributed by atoms with E-state index in [2.05, 4.69) is 25.9 Å². The van der Waals surface area contributed by atoms with Crippen LogP contribution >= 0.6 is 0 Å². The summed E-state index contributed by atoms with van der Waals surface area (Å²) >= 11 is 0. The van der Waals surface area contributed by atoms with Gasteiger partial charge in [-0.1, -0.05) is 13.8 Å². The van der Waals surface area contributed by atoms with E-state index in [9.17, 15) is 29.1 Å². The van der Waals surface area contributed by atoms with Crippen molar-refractivity contribution in [2.75, 3.05) is 6.61 Å². The van der Waals surface area contributed by atoms with Gasteiger partial charge in [-0.05, 0) is 5.92 Å². The van der Waals surface area contributed by atoms with Gasteiger partial charge in [0.2, 0.25) is 23.6 Å². The van der Waals surface area contributed by atoms with Crippen molar-refractivity contribution in [2.24, 2.45) is 17.4 Å². The monoisotopic (exact) mass is 455 g/mol. The Labute approximate surface area is 183 Å². The Morgan fingerprint density at radius 3 is 2.12 bits per heavy atom. The Kier molecular flexibility index (Phi) is 10.2. The molecule has 0 radical (unpaired) electrons. The largest absolute Gasteiger partial charge is 0.480 e. The van der Waals surface area contributed by atoms with Crippen molar-refractivity contribution in [1.29, 1.82) is 0 Å². The maximum atomic E-state index is 12.8. The first kappa shape index (κ1) is 26.5. The van der Waals surface area contributed by atoms with Crippen LogP contribution in [0.5, 0.6) is 0 Å². The van der Waals surface area contributed by atoms with Gasteiger partial charge in [-0.25, -0.2) is 9.78 Å². The first-order valence-corrected chi connectivity index (χ1v) is 9.72. The van der Waals surface area contributed by atoms with E-state index < -0.39 is 72.7 Å². The van der Waals surface area contributed by atoms with Gasteiger partial charge in [0.25, 0.3) is 0 Å². The van der Waals surface area contributed by atoms with Gasteiger partial charge in [-0.3, -0.25) is 19.2 Å². The normalized spacial score (nSPS) is 14.7. The van der Waals surface area contributed by atoms with Gasteiger partial charge < -0.3 is 42.6 Å². The summed E-state index contributed by atoms with van der Waals surface area (Å²) in [5.41, 5.74) is 11.0.